The van der Waals surface area contributed by atoms with Crippen LogP contribution >= 0.6 is 0 Å². The number of rotatable bonds is 4. The predicted molar refractivity (Wildman–Crippen MR) is 56.9 cm³/mol. The lowest BCUT2D eigenvalue weighted by atomic mass is 9.68. The lowest BCUT2D eigenvalue weighted by molar-refractivity contribution is -0.130. The number of primary amides is 1. The van der Waals surface area contributed by atoms with Gasteiger partial charge in [-0.05, 0) is 43.4 Å². The normalized spacial score (nSPS) is 43.1. The van der Waals surface area contributed by atoms with Crippen LogP contribution in [0.1, 0.15) is 39.0 Å². The highest BCUT2D eigenvalue weighted by Gasteiger charge is 2.55. The smallest absolute Gasteiger partial charge is 0.223 e. The molecule has 2 bridgehead atoms. The van der Waals surface area contributed by atoms with Crippen molar-refractivity contribution < 1.29 is 9.59 Å². The minimum absolute atomic E-state index is 0.147. The van der Waals surface area contributed by atoms with E-state index in [2.05, 4.69) is 0 Å². The number of aldehydes is 1. The summed E-state index contributed by atoms with van der Waals surface area (Å²) in [7, 11) is 0. The van der Waals surface area contributed by atoms with Crippen LogP contribution in [0.5, 0.6) is 0 Å². The average Bonchev–Trinajstić information content (AvgIpc) is 2.71. The standard InChI is InChI=1S/C12H19NO2/c1-12(11(13)15)7-8-5-9(3-2-4-14)10(12)6-8/h4,8-10H,2-3,5-7H2,1H3,(H2,13,15). The molecule has 2 aliphatic rings. The Hall–Kier alpha value is -0.860. The van der Waals surface area contributed by atoms with Gasteiger partial charge in [0.15, 0.2) is 0 Å². The van der Waals surface area contributed by atoms with Crippen LogP contribution in [-0.4, -0.2) is 12.2 Å². The van der Waals surface area contributed by atoms with E-state index >= 15 is 0 Å². The highest BCUT2D eigenvalue weighted by atomic mass is 16.1. The van der Waals surface area contributed by atoms with Gasteiger partial charge in [-0.1, -0.05) is 6.92 Å². The van der Waals surface area contributed by atoms with Crippen molar-refractivity contribution in [2.45, 2.75) is 39.0 Å². The monoisotopic (exact) mass is 209 g/mol. The summed E-state index contributed by atoms with van der Waals surface area (Å²) in [5.74, 6) is 1.50. The molecule has 0 aromatic rings. The van der Waals surface area contributed by atoms with Gasteiger partial charge in [-0.25, -0.2) is 0 Å². The molecule has 2 aliphatic carbocycles. The van der Waals surface area contributed by atoms with Gasteiger partial charge < -0.3 is 10.5 Å². The summed E-state index contributed by atoms with van der Waals surface area (Å²) in [6.45, 7) is 2.01. The SMILES string of the molecule is CC1(C(N)=O)CC2CC(CCC=O)C1C2. The van der Waals surface area contributed by atoms with Crippen molar-refractivity contribution in [3.8, 4) is 0 Å². The average molecular weight is 209 g/mol. The molecular formula is C12H19NO2. The van der Waals surface area contributed by atoms with Gasteiger partial charge in [0.2, 0.25) is 5.91 Å². The van der Waals surface area contributed by atoms with E-state index in [4.69, 9.17) is 5.73 Å². The fourth-order valence-corrected chi connectivity index (χ4v) is 3.82. The predicted octanol–water partition coefficient (Wildman–Crippen LogP) is 1.50. The minimum atomic E-state index is -0.295. The molecule has 3 heteroatoms. The maximum atomic E-state index is 11.5. The largest absolute Gasteiger partial charge is 0.369 e. The Kier molecular flexibility index (Phi) is 2.57. The molecule has 2 fully saturated rings. The molecule has 1 amide bonds. The summed E-state index contributed by atoms with van der Waals surface area (Å²) in [6.07, 6.45) is 5.85. The number of fused-ring (bicyclic) bond motifs is 2. The summed E-state index contributed by atoms with van der Waals surface area (Å²) in [5.41, 5.74) is 5.21. The lowest BCUT2D eigenvalue weighted by Crippen LogP contribution is -2.41. The van der Waals surface area contributed by atoms with Crippen molar-refractivity contribution >= 4 is 12.2 Å². The molecule has 4 atom stereocenters. The third kappa shape index (κ3) is 1.58. The highest BCUT2D eigenvalue weighted by Crippen LogP contribution is 2.59. The molecule has 0 heterocycles. The van der Waals surface area contributed by atoms with Crippen LogP contribution in [0.2, 0.25) is 0 Å². The molecule has 0 radical (unpaired) electrons. The van der Waals surface area contributed by atoms with Crippen LogP contribution in [0, 0.1) is 23.2 Å². The zero-order valence-corrected chi connectivity index (χ0v) is 9.24. The molecule has 0 aromatic carbocycles. The van der Waals surface area contributed by atoms with Crippen LogP contribution in [0.25, 0.3) is 0 Å². The van der Waals surface area contributed by atoms with Crippen molar-refractivity contribution in [1.82, 2.24) is 0 Å². The van der Waals surface area contributed by atoms with E-state index in [1.54, 1.807) is 0 Å². The number of hydrogen-bond donors (Lipinski definition) is 1. The Balaban J connectivity index is 2.08. The summed E-state index contributed by atoms with van der Waals surface area (Å²) >= 11 is 0. The van der Waals surface area contributed by atoms with E-state index in [1.165, 1.54) is 6.42 Å². The summed E-state index contributed by atoms with van der Waals surface area (Å²) < 4.78 is 0. The first-order valence-electron chi connectivity index (χ1n) is 5.81. The van der Waals surface area contributed by atoms with Crippen LogP contribution in [0.15, 0.2) is 0 Å². The van der Waals surface area contributed by atoms with Gasteiger partial charge in [-0.15, -0.1) is 0 Å². The molecule has 0 aliphatic heterocycles. The Labute approximate surface area is 90.4 Å². The van der Waals surface area contributed by atoms with E-state index in [1.807, 2.05) is 6.92 Å². The third-order valence-corrected chi connectivity index (χ3v) is 4.54. The quantitative estimate of drug-likeness (QED) is 0.713. The second-order valence-corrected chi connectivity index (χ2v) is 5.43. The Morgan fingerprint density at radius 2 is 2.27 bits per heavy atom. The molecule has 0 saturated heterocycles. The lowest BCUT2D eigenvalue weighted by Gasteiger charge is -2.36. The summed E-state index contributed by atoms with van der Waals surface area (Å²) in [5, 5.41) is 0. The Bertz CT molecular complexity index is 289. The highest BCUT2D eigenvalue weighted by molar-refractivity contribution is 5.81. The zero-order valence-electron chi connectivity index (χ0n) is 9.24. The summed E-state index contributed by atoms with van der Waals surface area (Å²) in [6, 6.07) is 0. The second kappa shape index (κ2) is 3.62. The van der Waals surface area contributed by atoms with Crippen molar-refractivity contribution in [2.75, 3.05) is 0 Å². The number of carbonyl (C=O) groups excluding carboxylic acids is 2. The number of carbonyl (C=O) groups is 2. The van der Waals surface area contributed by atoms with Gasteiger partial charge in [-0.3, -0.25) is 4.79 Å². The maximum Gasteiger partial charge on any atom is 0.223 e. The molecule has 84 valence electrons. The van der Waals surface area contributed by atoms with Gasteiger partial charge in [0.1, 0.15) is 6.29 Å². The Morgan fingerprint density at radius 3 is 2.80 bits per heavy atom. The van der Waals surface area contributed by atoms with E-state index in [0.717, 1.165) is 25.5 Å². The van der Waals surface area contributed by atoms with Crippen LogP contribution in [0.3, 0.4) is 0 Å². The van der Waals surface area contributed by atoms with Gasteiger partial charge in [0, 0.05) is 11.8 Å². The van der Waals surface area contributed by atoms with E-state index in [9.17, 15) is 9.59 Å². The van der Waals surface area contributed by atoms with Crippen molar-refractivity contribution in [2.24, 2.45) is 28.9 Å². The molecular weight excluding hydrogens is 190 g/mol. The Morgan fingerprint density at radius 1 is 1.53 bits per heavy atom. The molecule has 2 saturated carbocycles. The second-order valence-electron chi connectivity index (χ2n) is 5.43. The molecule has 0 aromatic heterocycles. The molecule has 3 nitrogen and oxygen atoms in total. The van der Waals surface area contributed by atoms with Crippen molar-refractivity contribution in [1.29, 1.82) is 0 Å². The van der Waals surface area contributed by atoms with Gasteiger partial charge in [-0.2, -0.15) is 0 Å². The molecule has 0 spiro atoms. The van der Waals surface area contributed by atoms with Crippen LogP contribution in [0.4, 0.5) is 0 Å². The fourth-order valence-electron chi connectivity index (χ4n) is 3.82. The van der Waals surface area contributed by atoms with Gasteiger partial charge in [0.25, 0.3) is 0 Å². The number of amides is 1. The minimum Gasteiger partial charge on any atom is -0.369 e. The van der Waals surface area contributed by atoms with Crippen LogP contribution in [-0.2, 0) is 9.59 Å². The first kappa shape index (κ1) is 10.7. The van der Waals surface area contributed by atoms with E-state index in [-0.39, 0.29) is 11.3 Å². The first-order chi connectivity index (χ1) is 7.08. The van der Waals surface area contributed by atoms with E-state index in [0.29, 0.717) is 24.2 Å². The zero-order chi connectivity index (χ0) is 11.1. The molecule has 4 unspecified atom stereocenters. The first-order valence-corrected chi connectivity index (χ1v) is 5.81. The number of hydrogen-bond acceptors (Lipinski definition) is 2. The fraction of sp³-hybridized carbons (Fsp3) is 0.833. The van der Waals surface area contributed by atoms with Gasteiger partial charge >= 0.3 is 0 Å². The molecule has 2 N–H and O–H groups in total. The molecule has 2 rings (SSSR count). The van der Waals surface area contributed by atoms with Gasteiger partial charge in [0.05, 0.1) is 0 Å². The molecule has 15 heavy (non-hydrogen) atoms. The van der Waals surface area contributed by atoms with Crippen LogP contribution < -0.4 is 5.73 Å². The van der Waals surface area contributed by atoms with Crippen molar-refractivity contribution in [3.63, 3.8) is 0 Å². The third-order valence-electron chi connectivity index (χ3n) is 4.54. The van der Waals surface area contributed by atoms with E-state index < -0.39 is 0 Å². The topological polar surface area (TPSA) is 60.2 Å². The number of nitrogens with two attached hydrogens (primary N) is 1. The summed E-state index contributed by atoms with van der Waals surface area (Å²) in [4.78, 5) is 21.9. The maximum absolute atomic E-state index is 11.5. The van der Waals surface area contributed by atoms with Crippen molar-refractivity contribution in [3.05, 3.63) is 0 Å².